The van der Waals surface area contributed by atoms with E-state index in [0.717, 1.165) is 6.08 Å². The Morgan fingerprint density at radius 3 is 2.67 bits per heavy atom. The largest absolute Gasteiger partial charge is 0.572 e. The molecule has 1 rings (SSSR count). The highest BCUT2D eigenvalue weighted by Crippen LogP contribution is 2.24. The van der Waals surface area contributed by atoms with Crippen molar-refractivity contribution in [2.24, 2.45) is 0 Å². The zero-order chi connectivity index (χ0) is 9.19. The smallest absolute Gasteiger partial charge is 0.410 e. The summed E-state index contributed by atoms with van der Waals surface area (Å²) in [6, 6.07) is 0. The van der Waals surface area contributed by atoms with E-state index in [0.29, 0.717) is 4.86 Å². The van der Waals surface area contributed by atoms with Crippen LogP contribution >= 0.6 is 12.2 Å². The van der Waals surface area contributed by atoms with Crippen LogP contribution in [0.25, 0.3) is 0 Å². The zero-order valence-electron chi connectivity index (χ0n) is 5.81. The molecule has 0 atom stereocenters. The molecular weight excluding hydrogens is 189 g/mol. The van der Waals surface area contributed by atoms with E-state index in [1.165, 1.54) is 6.08 Å². The van der Waals surface area contributed by atoms with Gasteiger partial charge in [0.05, 0.1) is 0 Å². The minimum Gasteiger partial charge on any atom is -0.410 e. The second-order valence-electron chi connectivity index (χ2n) is 2.11. The maximum Gasteiger partial charge on any atom is 0.572 e. The summed E-state index contributed by atoms with van der Waals surface area (Å²) in [6.07, 6.45) is 0.403. The zero-order valence-corrected chi connectivity index (χ0v) is 6.63. The van der Waals surface area contributed by atoms with Crippen LogP contribution in [0.4, 0.5) is 13.2 Å². The summed E-state index contributed by atoms with van der Waals surface area (Å²) in [4.78, 5) is 0.386. The van der Waals surface area contributed by atoms with Crippen LogP contribution in [0, 0.1) is 6.08 Å². The van der Waals surface area contributed by atoms with Crippen LogP contribution in [0.3, 0.4) is 0 Å². The van der Waals surface area contributed by atoms with Gasteiger partial charge in [-0.2, -0.15) is 0 Å². The third-order valence-electron chi connectivity index (χ3n) is 1.08. The van der Waals surface area contributed by atoms with Crippen molar-refractivity contribution in [3.63, 3.8) is 0 Å². The number of hydrogen-bond acceptors (Lipinski definition) is 2. The first-order valence-corrected chi connectivity index (χ1v) is 3.45. The van der Waals surface area contributed by atoms with Gasteiger partial charge in [0.25, 0.3) is 0 Å². The lowest BCUT2D eigenvalue weighted by Gasteiger charge is -2.13. The summed E-state index contributed by atoms with van der Waals surface area (Å²) in [5, 5.41) is 0. The van der Waals surface area contributed by atoms with Gasteiger partial charge in [0, 0.05) is 11.3 Å². The molecule has 0 bridgehead atoms. The lowest BCUT2D eigenvalue weighted by Crippen LogP contribution is -2.15. The minimum atomic E-state index is -4.64. The summed E-state index contributed by atoms with van der Waals surface area (Å²) in [5.41, 5.74) is 0. The summed E-state index contributed by atoms with van der Waals surface area (Å²) >= 11 is 4.67. The third-order valence-corrected chi connectivity index (χ3v) is 1.35. The van der Waals surface area contributed by atoms with Crippen molar-refractivity contribution in [1.29, 1.82) is 0 Å². The van der Waals surface area contributed by atoms with Gasteiger partial charge >= 0.3 is 6.36 Å². The van der Waals surface area contributed by atoms with Gasteiger partial charge in [-0.1, -0.05) is 12.2 Å². The number of ether oxygens (including phenoxy) is 1. The van der Waals surface area contributed by atoms with Crippen molar-refractivity contribution in [3.05, 3.63) is 24.0 Å². The molecule has 12 heavy (non-hydrogen) atoms. The first kappa shape index (κ1) is 9.25. The highest BCUT2D eigenvalue weighted by molar-refractivity contribution is 7.80. The lowest BCUT2D eigenvalue weighted by molar-refractivity contribution is -0.305. The molecule has 0 aromatic carbocycles. The summed E-state index contributed by atoms with van der Waals surface area (Å²) in [7, 11) is 0. The normalized spacial score (nSPS) is 17.6. The Bertz CT molecular complexity index is 252. The second kappa shape index (κ2) is 3.26. The average molecular weight is 193 g/mol. The van der Waals surface area contributed by atoms with Gasteiger partial charge in [-0.3, -0.25) is 0 Å². The average Bonchev–Trinajstić information content (AvgIpc) is 1.82. The maximum absolute atomic E-state index is 11.6. The van der Waals surface area contributed by atoms with Gasteiger partial charge in [-0.15, -0.1) is 13.2 Å². The number of allylic oxidation sites excluding steroid dienone is 4. The standard InChI is InChI=1S/C7H4F3OS/c8-7(9,10)11-5-2-1-3-6(12)4-5/h2-3H,4H2. The van der Waals surface area contributed by atoms with Gasteiger partial charge in [0.15, 0.2) is 0 Å². The quantitative estimate of drug-likeness (QED) is 0.592. The Morgan fingerprint density at radius 1 is 1.50 bits per heavy atom. The highest BCUT2D eigenvalue weighted by atomic mass is 32.1. The van der Waals surface area contributed by atoms with Gasteiger partial charge in [-0.25, -0.2) is 0 Å². The van der Waals surface area contributed by atoms with E-state index in [9.17, 15) is 13.2 Å². The van der Waals surface area contributed by atoms with Crippen LogP contribution in [0.5, 0.6) is 0 Å². The first-order valence-electron chi connectivity index (χ1n) is 3.04. The fraction of sp³-hybridized carbons (Fsp3) is 0.286. The molecule has 0 fully saturated rings. The van der Waals surface area contributed by atoms with Gasteiger partial charge in [0.2, 0.25) is 0 Å². The molecule has 0 saturated carbocycles. The molecule has 0 N–H and O–H groups in total. The Kier molecular flexibility index (Phi) is 2.52. The van der Waals surface area contributed by atoms with Gasteiger partial charge < -0.3 is 4.74 Å². The fourth-order valence-electron chi connectivity index (χ4n) is 0.716. The minimum absolute atomic E-state index is 0.0157. The van der Waals surface area contributed by atoms with E-state index in [-0.39, 0.29) is 12.2 Å². The predicted molar refractivity (Wildman–Crippen MR) is 40.3 cm³/mol. The van der Waals surface area contributed by atoms with Crippen molar-refractivity contribution in [1.82, 2.24) is 0 Å². The van der Waals surface area contributed by atoms with Crippen LogP contribution < -0.4 is 0 Å². The van der Waals surface area contributed by atoms with Crippen LogP contribution in [0.2, 0.25) is 0 Å². The van der Waals surface area contributed by atoms with Gasteiger partial charge in [0.1, 0.15) is 5.76 Å². The number of rotatable bonds is 1. The SMILES string of the molecule is FC(F)(F)OC1=C[C]=CC(=S)C1. The van der Waals surface area contributed by atoms with E-state index in [1.54, 1.807) is 0 Å². The first-order chi connectivity index (χ1) is 5.47. The topological polar surface area (TPSA) is 9.23 Å². The van der Waals surface area contributed by atoms with Crippen LogP contribution in [0.15, 0.2) is 17.9 Å². The monoisotopic (exact) mass is 193 g/mol. The van der Waals surface area contributed by atoms with E-state index in [1.807, 2.05) is 0 Å². The molecule has 0 spiro atoms. The van der Waals surface area contributed by atoms with Crippen LogP contribution in [-0.2, 0) is 4.74 Å². The van der Waals surface area contributed by atoms with Crippen molar-refractivity contribution >= 4 is 17.1 Å². The highest BCUT2D eigenvalue weighted by Gasteiger charge is 2.32. The molecule has 0 saturated heterocycles. The molecule has 0 unspecified atom stereocenters. The molecular formula is C7H4F3OS. The molecule has 1 aliphatic carbocycles. The van der Waals surface area contributed by atoms with E-state index >= 15 is 0 Å². The molecule has 5 heteroatoms. The van der Waals surface area contributed by atoms with Crippen molar-refractivity contribution in [3.8, 4) is 0 Å². The van der Waals surface area contributed by atoms with E-state index < -0.39 is 6.36 Å². The Labute approximate surface area is 72.5 Å². The molecule has 0 aliphatic heterocycles. The molecule has 0 amide bonds. The number of alkyl halides is 3. The lowest BCUT2D eigenvalue weighted by atomic mass is 10.2. The predicted octanol–water partition coefficient (Wildman–Crippen LogP) is 2.54. The van der Waals surface area contributed by atoms with Crippen molar-refractivity contribution in [2.45, 2.75) is 12.8 Å². The maximum atomic E-state index is 11.6. The summed E-state index contributed by atoms with van der Waals surface area (Å²) in [5.74, 6) is -0.213. The van der Waals surface area contributed by atoms with Gasteiger partial charge in [-0.05, 0) is 18.2 Å². The number of halogens is 3. The Balaban J connectivity index is 2.60. The second-order valence-corrected chi connectivity index (χ2v) is 2.64. The van der Waals surface area contributed by atoms with Crippen LogP contribution in [-0.4, -0.2) is 11.2 Å². The molecule has 0 aromatic heterocycles. The van der Waals surface area contributed by atoms with E-state index in [2.05, 4.69) is 23.0 Å². The fourth-order valence-corrected chi connectivity index (χ4v) is 0.926. The summed E-state index contributed by atoms with van der Waals surface area (Å²) < 4.78 is 38.5. The molecule has 0 heterocycles. The molecule has 1 radical (unpaired) electrons. The number of hydrogen-bond donors (Lipinski definition) is 0. The summed E-state index contributed by atoms with van der Waals surface area (Å²) in [6.45, 7) is 0. The van der Waals surface area contributed by atoms with Crippen LogP contribution in [0.1, 0.15) is 6.42 Å². The number of thiocarbonyl (C=S) groups is 1. The Morgan fingerprint density at radius 2 is 2.17 bits per heavy atom. The third kappa shape index (κ3) is 3.04. The van der Waals surface area contributed by atoms with Crippen molar-refractivity contribution < 1.29 is 17.9 Å². The molecule has 1 nitrogen and oxygen atoms in total. The van der Waals surface area contributed by atoms with Crippen molar-refractivity contribution in [2.75, 3.05) is 0 Å². The molecule has 65 valence electrons. The van der Waals surface area contributed by atoms with E-state index in [4.69, 9.17) is 0 Å². The Hall–Kier alpha value is -0.840. The molecule has 1 aliphatic rings. The molecule has 0 aromatic rings.